The third kappa shape index (κ3) is 8.31. The number of carbonyl (C=O) groups excluding carboxylic acids is 3. The van der Waals surface area contributed by atoms with Crippen LogP contribution in [0.25, 0.3) is 11.1 Å². The van der Waals surface area contributed by atoms with Crippen LogP contribution < -0.4 is 15.0 Å². The molecule has 4 aromatic carbocycles. The van der Waals surface area contributed by atoms with Crippen LogP contribution in [0.5, 0.6) is 11.5 Å². The fourth-order valence-electron chi connectivity index (χ4n) is 7.99. The number of ether oxygens (including phenoxy) is 1. The molecule has 2 fully saturated rings. The Morgan fingerprint density at radius 1 is 0.911 bits per heavy atom. The monoisotopic (exact) mass is 764 g/mol. The number of phenols is 1. The third-order valence-electron chi connectivity index (χ3n) is 10.9. The zero-order valence-electron chi connectivity index (χ0n) is 31.3. The van der Waals surface area contributed by atoms with Crippen LogP contribution in [-0.4, -0.2) is 89.2 Å². The summed E-state index contributed by atoms with van der Waals surface area (Å²) >= 11 is 0. The highest BCUT2D eigenvalue weighted by atomic mass is 19.1. The number of hydrogen-bond acceptors (Lipinski definition) is 8. The lowest BCUT2D eigenvalue weighted by atomic mass is 9.88. The van der Waals surface area contributed by atoms with Gasteiger partial charge < -0.3 is 24.7 Å². The van der Waals surface area contributed by atoms with Crippen LogP contribution in [0, 0.1) is 11.6 Å². The Kier molecular flexibility index (Phi) is 11.8. The second-order valence-corrected chi connectivity index (χ2v) is 14.5. The number of aliphatic hydroxyl groups is 1. The van der Waals surface area contributed by atoms with Crippen LogP contribution in [0.15, 0.2) is 84.9 Å². The molecule has 10 nitrogen and oxygen atoms in total. The molecule has 7 rings (SSSR count). The van der Waals surface area contributed by atoms with Gasteiger partial charge in [0.05, 0.1) is 24.8 Å². The standard InChI is InChI=1S/C44H46F2N4O6/c1-2-34(28-7-4-3-5-8-28)40(29-10-14-31(51)15-11-29)30-12-16-33(17-13-30)56-24-6-9-32(52)26-48-20-22-49(23-21-48)42-37(45)25-35-36(41(42)46)27-50(44(35)55)38-18-19-39(53)47-43(38)54/h3-5,7-8,10-17,25,32,38,51-52H,2,6,9,18-24,26-27H2,1H3,(H,47,53,54). The summed E-state index contributed by atoms with van der Waals surface area (Å²) in [6, 6.07) is 25.6. The van der Waals surface area contributed by atoms with Gasteiger partial charge in [0.25, 0.3) is 5.91 Å². The Balaban J connectivity index is 0.896. The SMILES string of the molecule is CCC(=C(c1ccc(O)cc1)c1ccc(OCCCC(O)CN2CCN(c3c(F)cc4c(c3F)CN(C3CCC(=O)NC3=O)C4=O)CC2)cc1)c1ccccc1. The van der Waals surface area contributed by atoms with Crippen molar-refractivity contribution in [1.82, 2.24) is 15.1 Å². The van der Waals surface area contributed by atoms with Crippen molar-refractivity contribution < 1.29 is 38.1 Å². The summed E-state index contributed by atoms with van der Waals surface area (Å²) in [6.45, 7) is 4.45. The number of imide groups is 1. The van der Waals surface area contributed by atoms with Crippen molar-refractivity contribution in [3.05, 3.63) is 124 Å². The zero-order valence-corrected chi connectivity index (χ0v) is 31.3. The lowest BCUT2D eigenvalue weighted by Crippen LogP contribution is -2.52. The number of nitrogens with one attached hydrogen (secondary N) is 1. The maximum absolute atomic E-state index is 15.9. The van der Waals surface area contributed by atoms with Gasteiger partial charge >= 0.3 is 0 Å². The highest BCUT2D eigenvalue weighted by molar-refractivity contribution is 6.05. The number of anilines is 1. The lowest BCUT2D eigenvalue weighted by molar-refractivity contribution is -0.136. The quantitative estimate of drug-likeness (QED) is 0.0844. The normalized spacial score (nSPS) is 18.4. The van der Waals surface area contributed by atoms with E-state index in [1.807, 2.05) is 54.6 Å². The van der Waals surface area contributed by atoms with Crippen LogP contribution in [0.1, 0.15) is 71.6 Å². The number of β-amino-alcohol motifs (C(OH)–C–C–N with tert-alkyl or cyclic N) is 1. The number of piperidine rings is 1. The summed E-state index contributed by atoms with van der Waals surface area (Å²) in [4.78, 5) is 41.9. The van der Waals surface area contributed by atoms with Gasteiger partial charge in [0.1, 0.15) is 29.0 Å². The Bertz CT molecular complexity index is 2100. The molecule has 56 heavy (non-hydrogen) atoms. The number of nitrogens with zero attached hydrogens (tertiary/aromatic N) is 3. The number of aliphatic hydroxyl groups excluding tert-OH is 1. The minimum absolute atomic E-state index is 0.0523. The van der Waals surface area contributed by atoms with Crippen molar-refractivity contribution in [2.24, 2.45) is 0 Å². The van der Waals surface area contributed by atoms with Gasteiger partial charge in [-0.2, -0.15) is 0 Å². The third-order valence-corrected chi connectivity index (χ3v) is 10.9. The van der Waals surface area contributed by atoms with E-state index >= 15 is 8.78 Å². The van der Waals surface area contributed by atoms with Crippen LogP contribution in [0.2, 0.25) is 0 Å². The first-order valence-electron chi connectivity index (χ1n) is 19.2. The van der Waals surface area contributed by atoms with E-state index in [9.17, 15) is 24.6 Å². The minimum Gasteiger partial charge on any atom is -0.508 e. The van der Waals surface area contributed by atoms with Gasteiger partial charge in [0.15, 0.2) is 5.82 Å². The molecule has 292 valence electrons. The number of aromatic hydroxyl groups is 1. The Hall–Kier alpha value is -5.59. The Morgan fingerprint density at radius 3 is 2.25 bits per heavy atom. The van der Waals surface area contributed by atoms with Crippen LogP contribution >= 0.6 is 0 Å². The number of fused-ring (bicyclic) bond motifs is 1. The number of halogens is 2. The highest BCUT2D eigenvalue weighted by Gasteiger charge is 2.42. The number of benzene rings is 4. The molecule has 0 saturated carbocycles. The van der Waals surface area contributed by atoms with Gasteiger partial charge in [-0.25, -0.2) is 8.78 Å². The summed E-state index contributed by atoms with van der Waals surface area (Å²) in [7, 11) is 0. The van der Waals surface area contributed by atoms with Crippen molar-refractivity contribution >= 4 is 34.6 Å². The van der Waals surface area contributed by atoms with Gasteiger partial charge in [-0.3, -0.25) is 24.6 Å². The first kappa shape index (κ1) is 38.7. The summed E-state index contributed by atoms with van der Waals surface area (Å²) < 4.78 is 37.3. The molecule has 0 radical (unpaired) electrons. The van der Waals surface area contributed by atoms with Crippen molar-refractivity contribution in [1.29, 1.82) is 0 Å². The molecule has 3 amide bonds. The molecule has 0 spiro atoms. The molecule has 2 saturated heterocycles. The summed E-state index contributed by atoms with van der Waals surface area (Å²) in [5, 5.41) is 23.0. The van der Waals surface area contributed by atoms with Crippen molar-refractivity contribution in [2.75, 3.05) is 44.2 Å². The van der Waals surface area contributed by atoms with E-state index in [1.165, 1.54) is 10.5 Å². The maximum atomic E-state index is 15.9. The topological polar surface area (TPSA) is 123 Å². The molecular formula is C44H46F2N4O6. The Morgan fingerprint density at radius 2 is 1.59 bits per heavy atom. The molecule has 3 N–H and O–H groups in total. The number of rotatable bonds is 13. The van der Waals surface area contributed by atoms with Crippen molar-refractivity contribution in [2.45, 2.75) is 57.7 Å². The summed E-state index contributed by atoms with van der Waals surface area (Å²) in [5.41, 5.74) is 5.23. The van der Waals surface area contributed by atoms with Gasteiger partial charge in [0.2, 0.25) is 11.8 Å². The number of allylic oxidation sites excluding steroid dienone is 1. The molecular weight excluding hydrogens is 719 g/mol. The smallest absolute Gasteiger partial charge is 0.255 e. The summed E-state index contributed by atoms with van der Waals surface area (Å²) in [5.74, 6) is -2.37. The molecule has 3 aliphatic heterocycles. The molecule has 2 atom stereocenters. The van der Waals surface area contributed by atoms with E-state index in [4.69, 9.17) is 4.74 Å². The number of carbonyl (C=O) groups is 3. The largest absolute Gasteiger partial charge is 0.508 e. The van der Waals surface area contributed by atoms with Crippen molar-refractivity contribution in [3.63, 3.8) is 0 Å². The van der Waals surface area contributed by atoms with E-state index in [-0.39, 0.29) is 42.0 Å². The van der Waals surface area contributed by atoms with E-state index < -0.39 is 41.5 Å². The molecule has 2 unspecified atom stereocenters. The van der Waals surface area contributed by atoms with Crippen LogP contribution in [0.4, 0.5) is 14.5 Å². The average molecular weight is 765 g/mol. The van der Waals surface area contributed by atoms with Crippen LogP contribution in [-0.2, 0) is 16.1 Å². The van der Waals surface area contributed by atoms with Gasteiger partial charge in [-0.05, 0) is 83.9 Å². The zero-order chi connectivity index (χ0) is 39.3. The van der Waals surface area contributed by atoms with Gasteiger partial charge in [-0.15, -0.1) is 0 Å². The van der Waals surface area contributed by atoms with E-state index in [1.54, 1.807) is 17.0 Å². The fraction of sp³-hybridized carbons (Fsp3) is 0.341. The number of phenolic OH excluding ortho intramolecular Hbond substituents is 1. The molecule has 0 aromatic heterocycles. The molecule has 12 heteroatoms. The number of amides is 3. The number of hydrogen-bond donors (Lipinski definition) is 3. The second kappa shape index (κ2) is 17.1. The second-order valence-electron chi connectivity index (χ2n) is 14.5. The molecule has 3 aliphatic rings. The first-order chi connectivity index (χ1) is 27.1. The van der Waals surface area contributed by atoms with Gasteiger partial charge in [-0.1, -0.05) is 61.5 Å². The van der Waals surface area contributed by atoms with E-state index in [0.717, 1.165) is 40.5 Å². The van der Waals surface area contributed by atoms with E-state index in [2.05, 4.69) is 29.3 Å². The fourth-order valence-corrected chi connectivity index (χ4v) is 7.99. The van der Waals surface area contributed by atoms with Gasteiger partial charge in [0, 0.05) is 44.7 Å². The van der Waals surface area contributed by atoms with Crippen LogP contribution in [0.3, 0.4) is 0 Å². The molecule has 0 bridgehead atoms. The molecule has 4 aromatic rings. The minimum atomic E-state index is -0.916. The Labute approximate surface area is 325 Å². The number of piperazine rings is 1. The predicted octanol–water partition coefficient (Wildman–Crippen LogP) is 6.14. The molecule has 0 aliphatic carbocycles. The predicted molar refractivity (Wildman–Crippen MR) is 209 cm³/mol. The summed E-state index contributed by atoms with van der Waals surface area (Å²) in [6.07, 6.45) is 1.58. The van der Waals surface area contributed by atoms with E-state index in [0.29, 0.717) is 52.2 Å². The first-order valence-corrected chi connectivity index (χ1v) is 19.2. The maximum Gasteiger partial charge on any atom is 0.255 e. The molecule has 3 heterocycles. The lowest BCUT2D eigenvalue weighted by Gasteiger charge is -2.37. The highest BCUT2D eigenvalue weighted by Crippen LogP contribution is 2.37. The average Bonchev–Trinajstić information content (AvgIpc) is 3.52. The van der Waals surface area contributed by atoms with Crippen molar-refractivity contribution in [3.8, 4) is 11.5 Å².